The van der Waals surface area contributed by atoms with E-state index in [1.807, 2.05) is 66.7 Å². The van der Waals surface area contributed by atoms with E-state index in [9.17, 15) is 4.57 Å². The maximum atomic E-state index is 14.9. The Balaban J connectivity index is 1.02. The molecule has 3 nitrogen and oxygen atoms in total. The zero-order chi connectivity index (χ0) is 33.9. The zero-order valence-electron chi connectivity index (χ0n) is 27.6. The van der Waals surface area contributed by atoms with Crippen molar-refractivity contribution in [2.45, 2.75) is 0 Å². The molecule has 0 bridgehead atoms. The second-order valence-corrected chi connectivity index (χ2v) is 15.9. The number of para-hydroxylation sites is 3. The van der Waals surface area contributed by atoms with Gasteiger partial charge in [-0.3, -0.25) is 4.40 Å². The van der Waals surface area contributed by atoms with Crippen molar-refractivity contribution in [2.75, 3.05) is 0 Å². The van der Waals surface area contributed by atoms with Gasteiger partial charge in [0, 0.05) is 26.7 Å². The van der Waals surface area contributed by atoms with E-state index >= 15 is 0 Å². The Kier molecular flexibility index (Phi) is 6.77. The van der Waals surface area contributed by atoms with Gasteiger partial charge in [0.15, 0.2) is 7.14 Å². The highest BCUT2D eigenvalue weighted by Crippen LogP contribution is 2.43. The number of pyridine rings is 1. The van der Waals surface area contributed by atoms with E-state index in [1.165, 1.54) is 16.3 Å². The molecule has 0 saturated carbocycles. The quantitative estimate of drug-likeness (QED) is 0.135. The van der Waals surface area contributed by atoms with Crippen molar-refractivity contribution in [3.8, 4) is 22.3 Å². The molecule has 51 heavy (non-hydrogen) atoms. The third-order valence-corrected chi connectivity index (χ3v) is 13.3. The van der Waals surface area contributed by atoms with Gasteiger partial charge in [0.25, 0.3) is 0 Å². The van der Waals surface area contributed by atoms with E-state index in [0.29, 0.717) is 0 Å². The molecule has 0 aliphatic carbocycles. The van der Waals surface area contributed by atoms with Gasteiger partial charge in [-0.15, -0.1) is 0 Å². The number of nitrogens with zero attached hydrogens (tertiary/aromatic N) is 2. The highest BCUT2D eigenvalue weighted by atomic mass is 31.2. The van der Waals surface area contributed by atoms with Gasteiger partial charge in [-0.1, -0.05) is 152 Å². The third kappa shape index (κ3) is 4.74. The van der Waals surface area contributed by atoms with Gasteiger partial charge in [-0.05, 0) is 74.8 Å². The molecule has 0 aliphatic rings. The average molecular weight is 671 g/mol. The Labute approximate surface area is 295 Å². The first-order valence-electron chi connectivity index (χ1n) is 17.2. The number of benzene rings is 8. The normalized spacial score (nSPS) is 12.0. The van der Waals surface area contributed by atoms with Crippen LogP contribution in [0.15, 0.2) is 188 Å². The van der Waals surface area contributed by atoms with Crippen LogP contribution in [0.5, 0.6) is 0 Å². The van der Waals surface area contributed by atoms with Crippen LogP contribution in [0.25, 0.3) is 71.4 Å². The number of aromatic nitrogens is 2. The third-order valence-electron chi connectivity index (χ3n) is 10.2. The van der Waals surface area contributed by atoms with Gasteiger partial charge in [0.2, 0.25) is 0 Å². The van der Waals surface area contributed by atoms with Crippen molar-refractivity contribution in [2.24, 2.45) is 0 Å². The lowest BCUT2D eigenvalue weighted by Crippen LogP contribution is -2.24. The fourth-order valence-electron chi connectivity index (χ4n) is 7.68. The lowest BCUT2D eigenvalue weighted by atomic mass is 9.96. The molecule has 0 saturated heterocycles. The van der Waals surface area contributed by atoms with Crippen LogP contribution in [0.3, 0.4) is 0 Å². The standard InChI is InChI=1S/C47H31N2OP/c50-51(38-11-3-1-4-12-38,39-13-5-2-6-14-39)40-27-25-35-29-34(23-24-36(35)30-40)32-19-21-33(22-20-32)37-26-28-41-42-15-7-9-17-45(42)49-46-18-10-8-16-44(46)48-47(49)43(41)31-37/h1-31H. The Morgan fingerprint density at radius 2 is 0.941 bits per heavy atom. The summed E-state index contributed by atoms with van der Waals surface area (Å²) in [6.07, 6.45) is 0. The van der Waals surface area contributed by atoms with E-state index in [0.717, 1.165) is 71.0 Å². The molecule has 10 rings (SSSR count). The summed E-state index contributed by atoms with van der Waals surface area (Å²) in [6, 6.07) is 65.0. The van der Waals surface area contributed by atoms with Crippen LogP contribution < -0.4 is 15.9 Å². The van der Waals surface area contributed by atoms with Crippen LogP contribution in [-0.2, 0) is 4.57 Å². The molecule has 0 radical (unpaired) electrons. The molecule has 0 amide bonds. The number of hydrogen-bond acceptors (Lipinski definition) is 2. The molecule has 0 fully saturated rings. The number of hydrogen-bond donors (Lipinski definition) is 0. The molecular weight excluding hydrogens is 640 g/mol. The van der Waals surface area contributed by atoms with E-state index < -0.39 is 7.14 Å². The molecule has 0 N–H and O–H groups in total. The smallest absolute Gasteiger partial charge is 0.171 e. The molecule has 0 atom stereocenters. The van der Waals surface area contributed by atoms with Crippen LogP contribution >= 0.6 is 7.14 Å². The van der Waals surface area contributed by atoms with Crippen LogP contribution in [0.4, 0.5) is 0 Å². The summed E-state index contributed by atoms with van der Waals surface area (Å²) in [6.45, 7) is 0. The van der Waals surface area contributed by atoms with Gasteiger partial charge in [0.05, 0.1) is 16.6 Å². The molecule has 8 aromatic carbocycles. The van der Waals surface area contributed by atoms with E-state index in [4.69, 9.17) is 4.98 Å². The zero-order valence-corrected chi connectivity index (χ0v) is 28.5. The predicted molar refractivity (Wildman–Crippen MR) is 215 cm³/mol. The van der Waals surface area contributed by atoms with Gasteiger partial charge in [-0.25, -0.2) is 4.98 Å². The summed E-state index contributed by atoms with van der Waals surface area (Å²) in [7, 11) is -3.04. The predicted octanol–water partition coefficient (Wildman–Crippen LogP) is 10.9. The van der Waals surface area contributed by atoms with Crippen LogP contribution in [-0.4, -0.2) is 9.38 Å². The average Bonchev–Trinajstić information content (AvgIpc) is 3.61. The number of rotatable bonds is 5. The summed E-state index contributed by atoms with van der Waals surface area (Å²) in [4.78, 5) is 5.10. The van der Waals surface area contributed by atoms with Crippen LogP contribution in [0, 0.1) is 0 Å². The second-order valence-electron chi connectivity index (χ2n) is 13.1. The van der Waals surface area contributed by atoms with Gasteiger partial charge in [0.1, 0.15) is 5.65 Å². The van der Waals surface area contributed by atoms with Crippen molar-refractivity contribution < 1.29 is 4.57 Å². The molecule has 10 aromatic rings. The fraction of sp³-hybridized carbons (Fsp3) is 0. The topological polar surface area (TPSA) is 34.4 Å². The van der Waals surface area contributed by atoms with E-state index in [2.05, 4.69) is 126 Å². The summed E-state index contributed by atoms with van der Waals surface area (Å²) in [5.74, 6) is 0. The maximum Gasteiger partial charge on any atom is 0.171 e. The summed E-state index contributed by atoms with van der Waals surface area (Å²) < 4.78 is 17.2. The Morgan fingerprint density at radius 3 is 1.67 bits per heavy atom. The molecular formula is C47H31N2OP. The molecule has 4 heteroatoms. The lowest BCUT2D eigenvalue weighted by Gasteiger charge is -2.20. The van der Waals surface area contributed by atoms with Crippen LogP contribution in [0.1, 0.15) is 0 Å². The van der Waals surface area contributed by atoms with Gasteiger partial charge >= 0.3 is 0 Å². The largest absolute Gasteiger partial charge is 0.309 e. The van der Waals surface area contributed by atoms with Crippen molar-refractivity contribution in [3.63, 3.8) is 0 Å². The van der Waals surface area contributed by atoms with Gasteiger partial charge < -0.3 is 4.57 Å². The first-order valence-corrected chi connectivity index (χ1v) is 18.9. The minimum atomic E-state index is -3.04. The second kappa shape index (κ2) is 11.7. The maximum absolute atomic E-state index is 14.9. The molecule has 240 valence electrons. The minimum absolute atomic E-state index is 0.841. The minimum Gasteiger partial charge on any atom is -0.309 e. The van der Waals surface area contributed by atoms with Crippen LogP contribution in [0.2, 0.25) is 0 Å². The lowest BCUT2D eigenvalue weighted by molar-refractivity contribution is 0.592. The highest BCUT2D eigenvalue weighted by Gasteiger charge is 2.29. The van der Waals surface area contributed by atoms with Crippen molar-refractivity contribution in [3.05, 3.63) is 188 Å². The van der Waals surface area contributed by atoms with E-state index in [-0.39, 0.29) is 0 Å². The molecule has 0 unspecified atom stereocenters. The SMILES string of the molecule is O=P(c1ccccc1)(c1ccccc1)c1ccc2cc(-c3ccc(-c4ccc5c6ccccc6n6c7ccccc7nc6c5c4)cc3)ccc2c1. The van der Waals surface area contributed by atoms with Gasteiger partial charge in [-0.2, -0.15) is 0 Å². The first kappa shape index (κ1) is 29.6. The molecule has 0 spiro atoms. The summed E-state index contributed by atoms with van der Waals surface area (Å²) >= 11 is 0. The fourth-order valence-corrected chi connectivity index (χ4v) is 10.4. The monoisotopic (exact) mass is 670 g/mol. The van der Waals surface area contributed by atoms with E-state index in [1.54, 1.807) is 0 Å². The highest BCUT2D eigenvalue weighted by molar-refractivity contribution is 7.85. The Hall–Kier alpha value is -6.28. The molecule has 0 aliphatic heterocycles. The number of fused-ring (bicyclic) bond motifs is 9. The number of imidazole rings is 1. The summed E-state index contributed by atoms with van der Waals surface area (Å²) in [5.41, 5.74) is 8.87. The summed E-state index contributed by atoms with van der Waals surface area (Å²) in [5, 5.41) is 8.28. The Morgan fingerprint density at radius 1 is 0.392 bits per heavy atom. The molecule has 2 aromatic heterocycles. The van der Waals surface area contributed by atoms with Crippen molar-refractivity contribution in [1.82, 2.24) is 9.38 Å². The Bertz CT molecular complexity index is 2940. The molecule has 2 heterocycles. The first-order chi connectivity index (χ1) is 25.1. The van der Waals surface area contributed by atoms with Crippen molar-refractivity contribution >= 4 is 72.2 Å². The van der Waals surface area contributed by atoms with Crippen molar-refractivity contribution in [1.29, 1.82) is 0 Å².